The quantitative estimate of drug-likeness (QED) is 0.300. The van der Waals surface area contributed by atoms with Gasteiger partial charge in [-0.05, 0) is 35.4 Å². The molecule has 9 heteroatoms. The normalized spacial score (nSPS) is 13.2. The zero-order valence-corrected chi connectivity index (χ0v) is 18.5. The van der Waals surface area contributed by atoms with Crippen LogP contribution >= 0.6 is 0 Å². The van der Waals surface area contributed by atoms with Crippen LogP contribution in [0.2, 0.25) is 0 Å². The van der Waals surface area contributed by atoms with E-state index in [1.165, 1.54) is 24.3 Å². The number of carboxylic acid groups (broad SMARTS) is 2. The molecule has 0 saturated heterocycles. The Morgan fingerprint density at radius 1 is 0.714 bits per heavy atom. The lowest BCUT2D eigenvalue weighted by atomic mass is 9.99. The highest BCUT2D eigenvalue weighted by molar-refractivity contribution is 5.95. The van der Waals surface area contributed by atoms with E-state index in [0.717, 1.165) is 0 Å². The van der Waals surface area contributed by atoms with Crippen molar-refractivity contribution in [1.29, 1.82) is 0 Å². The van der Waals surface area contributed by atoms with E-state index >= 15 is 0 Å². The number of aliphatic carboxylic acids is 1. The molecule has 0 unspecified atom stereocenters. The largest absolute Gasteiger partial charge is 0.480 e. The molecule has 3 atom stereocenters. The number of rotatable bonds is 10. The summed E-state index contributed by atoms with van der Waals surface area (Å²) in [7, 11) is 0. The van der Waals surface area contributed by atoms with Crippen molar-refractivity contribution in [3.63, 3.8) is 0 Å². The van der Waals surface area contributed by atoms with E-state index in [4.69, 9.17) is 5.11 Å². The van der Waals surface area contributed by atoms with E-state index in [1.54, 1.807) is 60.7 Å². The van der Waals surface area contributed by atoms with Gasteiger partial charge < -0.3 is 26.0 Å². The molecular weight excluding hydrogens is 452 g/mol. The second kappa shape index (κ2) is 11.6. The molecule has 2 amide bonds. The minimum atomic E-state index is -1.79. The maximum atomic E-state index is 12.9. The van der Waals surface area contributed by atoms with E-state index in [-0.39, 0.29) is 12.0 Å². The summed E-state index contributed by atoms with van der Waals surface area (Å²) in [6, 6.07) is 19.7. The summed E-state index contributed by atoms with van der Waals surface area (Å²) in [6.45, 7) is 0. The summed E-state index contributed by atoms with van der Waals surface area (Å²) in [5, 5.41) is 34.4. The first-order valence-corrected chi connectivity index (χ1v) is 10.7. The second-order valence-electron chi connectivity index (χ2n) is 7.78. The van der Waals surface area contributed by atoms with E-state index in [2.05, 4.69) is 10.6 Å². The van der Waals surface area contributed by atoms with Gasteiger partial charge >= 0.3 is 11.9 Å². The van der Waals surface area contributed by atoms with Gasteiger partial charge in [0.05, 0.1) is 11.6 Å². The number of aromatic carboxylic acids is 1. The number of carbonyl (C=O) groups is 4. The first-order valence-electron chi connectivity index (χ1n) is 10.7. The monoisotopic (exact) mass is 476 g/mol. The van der Waals surface area contributed by atoms with Gasteiger partial charge in [0.15, 0.2) is 6.10 Å². The Morgan fingerprint density at radius 3 is 1.83 bits per heavy atom. The summed E-state index contributed by atoms with van der Waals surface area (Å²) >= 11 is 0. The highest BCUT2D eigenvalue weighted by Gasteiger charge is 2.32. The highest BCUT2D eigenvalue weighted by Crippen LogP contribution is 2.19. The van der Waals surface area contributed by atoms with Crippen molar-refractivity contribution < 1.29 is 34.5 Å². The fourth-order valence-corrected chi connectivity index (χ4v) is 3.45. The van der Waals surface area contributed by atoms with Crippen molar-refractivity contribution in [2.75, 3.05) is 0 Å². The SMILES string of the molecule is O=C(O)c1ccc(C[C@@H](NC(=O)[C@H](O)[C@@H](NC(=O)c2ccccc2)c2ccccc2)C(=O)O)cc1. The molecule has 0 heterocycles. The van der Waals surface area contributed by atoms with Gasteiger partial charge in [-0.3, -0.25) is 9.59 Å². The summed E-state index contributed by atoms with van der Waals surface area (Å²) in [4.78, 5) is 48.4. The molecule has 0 radical (unpaired) electrons. The van der Waals surface area contributed by atoms with E-state index in [0.29, 0.717) is 16.7 Å². The molecule has 0 saturated carbocycles. The Bertz CT molecular complexity index is 1180. The number of benzene rings is 3. The number of amides is 2. The van der Waals surface area contributed by atoms with Crippen LogP contribution in [0.5, 0.6) is 0 Å². The highest BCUT2D eigenvalue weighted by atomic mass is 16.4. The molecule has 0 spiro atoms. The molecule has 0 aliphatic rings. The van der Waals surface area contributed by atoms with Gasteiger partial charge in [-0.25, -0.2) is 9.59 Å². The standard InChI is InChI=1S/C26H24N2O7/c29-22(21(17-7-3-1-4-8-17)28-23(30)18-9-5-2-6-10-18)24(31)27-20(26(34)35)15-16-11-13-19(14-12-16)25(32)33/h1-14,20-22,29H,15H2,(H,27,31)(H,28,30)(H,32,33)(H,34,35)/t20-,21+,22-/m1/s1. The van der Waals surface area contributed by atoms with Crippen molar-refractivity contribution in [2.24, 2.45) is 0 Å². The number of hydrogen-bond donors (Lipinski definition) is 5. The fourth-order valence-electron chi connectivity index (χ4n) is 3.45. The van der Waals surface area contributed by atoms with Gasteiger partial charge in [-0.1, -0.05) is 60.7 Å². The van der Waals surface area contributed by atoms with Crippen LogP contribution < -0.4 is 10.6 Å². The van der Waals surface area contributed by atoms with E-state index < -0.39 is 41.9 Å². The summed E-state index contributed by atoms with van der Waals surface area (Å²) in [6.07, 6.45) is -1.93. The van der Waals surface area contributed by atoms with Crippen molar-refractivity contribution in [3.05, 3.63) is 107 Å². The molecule has 3 aromatic rings. The van der Waals surface area contributed by atoms with Gasteiger partial charge in [-0.15, -0.1) is 0 Å². The maximum Gasteiger partial charge on any atom is 0.335 e. The van der Waals surface area contributed by atoms with Crippen LogP contribution in [0, 0.1) is 0 Å². The first-order chi connectivity index (χ1) is 16.8. The summed E-state index contributed by atoms with van der Waals surface area (Å²) in [5.74, 6) is -3.95. The Hall–Kier alpha value is -4.50. The Balaban J connectivity index is 1.77. The van der Waals surface area contributed by atoms with Crippen LogP contribution in [0.3, 0.4) is 0 Å². The Labute approximate surface area is 201 Å². The maximum absolute atomic E-state index is 12.9. The van der Waals surface area contributed by atoms with Crippen molar-refractivity contribution in [3.8, 4) is 0 Å². The van der Waals surface area contributed by atoms with Crippen LogP contribution in [0.15, 0.2) is 84.9 Å². The predicted octanol–water partition coefficient (Wildman–Crippen LogP) is 2.03. The van der Waals surface area contributed by atoms with Crippen molar-refractivity contribution in [2.45, 2.75) is 24.6 Å². The third-order valence-corrected chi connectivity index (χ3v) is 5.32. The minimum Gasteiger partial charge on any atom is -0.480 e. The number of carboxylic acids is 2. The van der Waals surface area contributed by atoms with Crippen LogP contribution in [0.1, 0.15) is 37.9 Å². The zero-order valence-electron chi connectivity index (χ0n) is 18.5. The minimum absolute atomic E-state index is 0.0416. The molecule has 0 bridgehead atoms. The first kappa shape index (κ1) is 25.1. The molecule has 5 N–H and O–H groups in total. The smallest absolute Gasteiger partial charge is 0.335 e. The number of aliphatic hydroxyl groups excluding tert-OH is 1. The van der Waals surface area contributed by atoms with Crippen LogP contribution in [-0.2, 0) is 16.0 Å². The molecule has 0 aromatic heterocycles. The molecule has 3 rings (SSSR count). The number of hydrogen-bond acceptors (Lipinski definition) is 5. The average Bonchev–Trinajstić information content (AvgIpc) is 2.87. The van der Waals surface area contributed by atoms with Crippen molar-refractivity contribution >= 4 is 23.8 Å². The lowest BCUT2D eigenvalue weighted by Crippen LogP contribution is -2.50. The molecule has 0 aliphatic heterocycles. The van der Waals surface area contributed by atoms with Gasteiger partial charge in [0.1, 0.15) is 6.04 Å². The molecule has 3 aromatic carbocycles. The molecule has 0 fully saturated rings. The van der Waals surface area contributed by atoms with Crippen LogP contribution in [0.4, 0.5) is 0 Å². The zero-order chi connectivity index (χ0) is 25.4. The molecule has 9 nitrogen and oxygen atoms in total. The van der Waals surface area contributed by atoms with Crippen molar-refractivity contribution in [1.82, 2.24) is 10.6 Å². The molecule has 35 heavy (non-hydrogen) atoms. The average molecular weight is 476 g/mol. The lowest BCUT2D eigenvalue weighted by Gasteiger charge is -2.25. The fraction of sp³-hybridized carbons (Fsp3) is 0.154. The van der Waals surface area contributed by atoms with Gasteiger partial charge in [0.25, 0.3) is 11.8 Å². The van der Waals surface area contributed by atoms with Crippen LogP contribution in [-0.4, -0.2) is 51.2 Å². The molecule has 0 aliphatic carbocycles. The summed E-state index contributed by atoms with van der Waals surface area (Å²) in [5.41, 5.74) is 1.30. The van der Waals surface area contributed by atoms with Gasteiger partial charge in [0.2, 0.25) is 0 Å². The Morgan fingerprint density at radius 2 is 1.29 bits per heavy atom. The number of aliphatic hydroxyl groups is 1. The summed E-state index contributed by atoms with van der Waals surface area (Å²) < 4.78 is 0. The topological polar surface area (TPSA) is 153 Å². The third-order valence-electron chi connectivity index (χ3n) is 5.32. The molecular formula is C26H24N2O7. The number of carbonyl (C=O) groups excluding carboxylic acids is 2. The van der Waals surface area contributed by atoms with E-state index in [1.807, 2.05) is 0 Å². The number of nitrogens with one attached hydrogen (secondary N) is 2. The lowest BCUT2D eigenvalue weighted by molar-refractivity contribution is -0.143. The van der Waals surface area contributed by atoms with Gasteiger partial charge in [-0.2, -0.15) is 0 Å². The van der Waals surface area contributed by atoms with Gasteiger partial charge in [0, 0.05) is 12.0 Å². The second-order valence-corrected chi connectivity index (χ2v) is 7.78. The van der Waals surface area contributed by atoms with Crippen LogP contribution in [0.25, 0.3) is 0 Å². The molecule has 180 valence electrons. The Kier molecular flexibility index (Phi) is 8.31. The predicted molar refractivity (Wildman–Crippen MR) is 126 cm³/mol. The van der Waals surface area contributed by atoms with E-state index in [9.17, 15) is 29.4 Å². The third kappa shape index (κ3) is 6.75.